The van der Waals surface area contributed by atoms with Gasteiger partial charge in [0.25, 0.3) is 0 Å². The lowest BCUT2D eigenvalue weighted by molar-refractivity contribution is 0.196. The Balaban J connectivity index is 2.02. The van der Waals surface area contributed by atoms with Crippen molar-refractivity contribution in [3.63, 3.8) is 0 Å². The second kappa shape index (κ2) is 7.67. The molecule has 4 heteroatoms. The first-order valence-corrected chi connectivity index (χ1v) is 7.13. The summed E-state index contributed by atoms with van der Waals surface area (Å²) in [7, 11) is 1.65. The van der Waals surface area contributed by atoms with Gasteiger partial charge in [0, 0.05) is 6.54 Å². The molecule has 1 unspecified atom stereocenters. The number of benzene rings is 2. The van der Waals surface area contributed by atoms with Gasteiger partial charge in [-0.15, -0.1) is 0 Å². The SMILES string of the molecule is CCCNOc1ccc(C(N)c2ccc(OC)cc2)cc1. The smallest absolute Gasteiger partial charge is 0.147 e. The highest BCUT2D eigenvalue weighted by atomic mass is 16.6. The lowest BCUT2D eigenvalue weighted by Crippen LogP contribution is -2.19. The molecule has 1 atom stereocenters. The lowest BCUT2D eigenvalue weighted by Gasteiger charge is -2.14. The van der Waals surface area contributed by atoms with Gasteiger partial charge in [0.15, 0.2) is 0 Å². The zero-order valence-electron chi connectivity index (χ0n) is 12.5. The molecule has 0 heterocycles. The number of methoxy groups -OCH3 is 1. The fourth-order valence-electron chi connectivity index (χ4n) is 1.98. The fraction of sp³-hybridized carbons (Fsp3) is 0.294. The molecule has 0 saturated carbocycles. The molecule has 2 aromatic carbocycles. The van der Waals surface area contributed by atoms with Crippen LogP contribution in [0.15, 0.2) is 48.5 Å². The third-order valence-electron chi connectivity index (χ3n) is 3.26. The van der Waals surface area contributed by atoms with E-state index >= 15 is 0 Å². The molecule has 0 bridgehead atoms. The Labute approximate surface area is 125 Å². The lowest BCUT2D eigenvalue weighted by atomic mass is 9.99. The monoisotopic (exact) mass is 286 g/mol. The summed E-state index contributed by atoms with van der Waals surface area (Å²) in [6.07, 6.45) is 1.03. The minimum absolute atomic E-state index is 0.159. The molecule has 0 amide bonds. The molecule has 2 aromatic rings. The van der Waals surface area contributed by atoms with Crippen LogP contribution in [-0.2, 0) is 0 Å². The third kappa shape index (κ3) is 4.21. The Morgan fingerprint density at radius 2 is 1.48 bits per heavy atom. The normalized spacial score (nSPS) is 12.0. The predicted molar refractivity (Wildman–Crippen MR) is 84.4 cm³/mol. The van der Waals surface area contributed by atoms with E-state index in [0.717, 1.165) is 35.6 Å². The van der Waals surface area contributed by atoms with Crippen LogP contribution < -0.4 is 20.8 Å². The Hall–Kier alpha value is -2.04. The van der Waals surface area contributed by atoms with E-state index in [1.807, 2.05) is 48.5 Å². The first kappa shape index (κ1) is 15.4. The van der Waals surface area contributed by atoms with Crippen LogP contribution in [0, 0.1) is 0 Å². The van der Waals surface area contributed by atoms with Gasteiger partial charge in [-0.05, 0) is 41.8 Å². The second-order valence-corrected chi connectivity index (χ2v) is 4.82. The summed E-state index contributed by atoms with van der Waals surface area (Å²) in [5.41, 5.74) is 11.3. The number of rotatable bonds is 7. The van der Waals surface area contributed by atoms with E-state index in [2.05, 4.69) is 12.4 Å². The van der Waals surface area contributed by atoms with E-state index in [9.17, 15) is 0 Å². The molecule has 21 heavy (non-hydrogen) atoms. The number of hydrogen-bond acceptors (Lipinski definition) is 4. The van der Waals surface area contributed by atoms with Crippen molar-refractivity contribution >= 4 is 0 Å². The van der Waals surface area contributed by atoms with Crippen LogP contribution >= 0.6 is 0 Å². The highest BCUT2D eigenvalue weighted by molar-refractivity contribution is 5.37. The maximum absolute atomic E-state index is 6.28. The van der Waals surface area contributed by atoms with Crippen LogP contribution in [-0.4, -0.2) is 13.7 Å². The largest absolute Gasteiger partial charge is 0.497 e. The van der Waals surface area contributed by atoms with Gasteiger partial charge < -0.3 is 15.3 Å². The summed E-state index contributed by atoms with van der Waals surface area (Å²) in [6, 6.07) is 15.4. The molecule has 3 N–H and O–H groups in total. The Morgan fingerprint density at radius 3 is 1.95 bits per heavy atom. The molecular formula is C17H22N2O2. The maximum Gasteiger partial charge on any atom is 0.147 e. The number of hydroxylamine groups is 1. The van der Waals surface area contributed by atoms with Crippen LogP contribution in [0.1, 0.15) is 30.5 Å². The molecule has 2 rings (SSSR count). The van der Waals surface area contributed by atoms with Crippen molar-refractivity contribution in [2.45, 2.75) is 19.4 Å². The molecule has 0 aromatic heterocycles. The van der Waals surface area contributed by atoms with Crippen LogP contribution in [0.5, 0.6) is 11.5 Å². The zero-order valence-corrected chi connectivity index (χ0v) is 12.5. The van der Waals surface area contributed by atoms with E-state index < -0.39 is 0 Å². The van der Waals surface area contributed by atoms with E-state index in [4.69, 9.17) is 15.3 Å². The Bertz CT molecular complexity index is 538. The first-order chi connectivity index (χ1) is 10.2. The van der Waals surface area contributed by atoms with Crippen molar-refractivity contribution in [1.82, 2.24) is 5.48 Å². The molecular weight excluding hydrogens is 264 g/mol. The Morgan fingerprint density at radius 1 is 0.952 bits per heavy atom. The molecule has 0 fully saturated rings. The summed E-state index contributed by atoms with van der Waals surface area (Å²) < 4.78 is 5.15. The van der Waals surface area contributed by atoms with Crippen molar-refractivity contribution in [2.24, 2.45) is 5.73 Å². The first-order valence-electron chi connectivity index (χ1n) is 7.13. The number of ether oxygens (including phenoxy) is 1. The zero-order chi connectivity index (χ0) is 15.1. The predicted octanol–water partition coefficient (Wildman–Crippen LogP) is 3.04. The van der Waals surface area contributed by atoms with Gasteiger partial charge >= 0.3 is 0 Å². The third-order valence-corrected chi connectivity index (χ3v) is 3.26. The van der Waals surface area contributed by atoms with E-state index in [0.29, 0.717) is 0 Å². The van der Waals surface area contributed by atoms with Gasteiger partial charge in [-0.3, -0.25) is 0 Å². The number of nitrogens with two attached hydrogens (primary N) is 1. The van der Waals surface area contributed by atoms with Crippen molar-refractivity contribution in [3.05, 3.63) is 59.7 Å². The molecule has 0 aliphatic carbocycles. The summed E-state index contributed by atoms with van der Waals surface area (Å²) in [5.74, 6) is 1.62. The number of hydrogen-bond donors (Lipinski definition) is 2. The molecule has 4 nitrogen and oxygen atoms in total. The fourth-order valence-corrected chi connectivity index (χ4v) is 1.98. The Kier molecular flexibility index (Phi) is 5.60. The van der Waals surface area contributed by atoms with E-state index in [1.165, 1.54) is 0 Å². The molecule has 112 valence electrons. The van der Waals surface area contributed by atoms with Crippen LogP contribution in [0.2, 0.25) is 0 Å². The molecule has 0 radical (unpaired) electrons. The maximum atomic E-state index is 6.28. The highest BCUT2D eigenvalue weighted by Gasteiger charge is 2.09. The van der Waals surface area contributed by atoms with Gasteiger partial charge in [-0.25, -0.2) is 0 Å². The van der Waals surface area contributed by atoms with E-state index in [1.54, 1.807) is 7.11 Å². The average molecular weight is 286 g/mol. The van der Waals surface area contributed by atoms with Crippen LogP contribution in [0.3, 0.4) is 0 Å². The van der Waals surface area contributed by atoms with Gasteiger partial charge in [0.1, 0.15) is 11.5 Å². The van der Waals surface area contributed by atoms with Gasteiger partial charge in [0.05, 0.1) is 13.2 Å². The van der Waals surface area contributed by atoms with Crippen molar-refractivity contribution < 1.29 is 9.57 Å². The summed E-state index contributed by atoms with van der Waals surface area (Å²) in [4.78, 5) is 5.41. The van der Waals surface area contributed by atoms with Crippen molar-refractivity contribution in [3.8, 4) is 11.5 Å². The highest BCUT2D eigenvalue weighted by Crippen LogP contribution is 2.23. The quantitative estimate of drug-likeness (QED) is 0.607. The molecule has 0 spiro atoms. The van der Waals surface area contributed by atoms with Crippen molar-refractivity contribution in [2.75, 3.05) is 13.7 Å². The van der Waals surface area contributed by atoms with Gasteiger partial charge in [0.2, 0.25) is 0 Å². The minimum Gasteiger partial charge on any atom is -0.497 e. The van der Waals surface area contributed by atoms with E-state index in [-0.39, 0.29) is 6.04 Å². The van der Waals surface area contributed by atoms with Gasteiger partial charge in [-0.1, -0.05) is 31.2 Å². The topological polar surface area (TPSA) is 56.5 Å². The van der Waals surface area contributed by atoms with Crippen molar-refractivity contribution in [1.29, 1.82) is 0 Å². The molecule has 0 saturated heterocycles. The number of nitrogens with one attached hydrogen (secondary N) is 1. The second-order valence-electron chi connectivity index (χ2n) is 4.82. The van der Waals surface area contributed by atoms with Crippen LogP contribution in [0.25, 0.3) is 0 Å². The molecule has 0 aliphatic heterocycles. The minimum atomic E-state index is -0.159. The molecule has 0 aliphatic rings. The summed E-state index contributed by atoms with van der Waals surface area (Å²) in [5, 5.41) is 0. The van der Waals surface area contributed by atoms with Gasteiger partial charge in [-0.2, -0.15) is 5.48 Å². The standard InChI is InChI=1S/C17H22N2O2/c1-3-12-19-21-16-10-6-14(7-11-16)17(18)13-4-8-15(20-2)9-5-13/h4-11,17,19H,3,12,18H2,1-2H3. The summed E-state index contributed by atoms with van der Waals surface area (Å²) >= 11 is 0. The summed E-state index contributed by atoms with van der Waals surface area (Å²) in [6.45, 7) is 2.92. The average Bonchev–Trinajstić information content (AvgIpc) is 2.55. The van der Waals surface area contributed by atoms with Crippen LogP contribution in [0.4, 0.5) is 0 Å².